The van der Waals surface area contributed by atoms with Gasteiger partial charge in [0.05, 0.1) is 0 Å². The molecule has 0 spiro atoms. The Bertz CT molecular complexity index is 603. The van der Waals surface area contributed by atoms with Crippen LogP contribution in [0.4, 0.5) is 4.79 Å². The summed E-state index contributed by atoms with van der Waals surface area (Å²) in [5.74, 6) is -0.271. The van der Waals surface area contributed by atoms with E-state index in [2.05, 4.69) is 4.74 Å². The first kappa shape index (κ1) is 11.1. The highest BCUT2D eigenvalue weighted by Gasteiger charge is 2.12. The first-order valence-electron chi connectivity index (χ1n) is 4.85. The molecule has 0 aromatic heterocycles. The lowest BCUT2D eigenvalue weighted by atomic mass is 10.0. The summed E-state index contributed by atoms with van der Waals surface area (Å²) in [5, 5.41) is 28.9. The number of carbonyl (C=O) groups is 1. The lowest BCUT2D eigenvalue weighted by Crippen LogP contribution is -2.03. The summed E-state index contributed by atoms with van der Waals surface area (Å²) in [6.45, 7) is 1.70. The van der Waals surface area contributed by atoms with Crippen LogP contribution in [0.3, 0.4) is 0 Å². The Morgan fingerprint density at radius 2 is 1.76 bits per heavy atom. The number of benzene rings is 2. The standard InChI is InChI=1S/C12H10O5/c1-6-7-3-5-10(17-12(15)16)11(14)8(7)2-4-9(6)13/h2-5,13-14H,1H3,(H,15,16). The Morgan fingerprint density at radius 3 is 2.41 bits per heavy atom. The van der Waals surface area contributed by atoms with E-state index in [9.17, 15) is 15.0 Å². The summed E-state index contributed by atoms with van der Waals surface area (Å²) in [6.07, 6.45) is -1.49. The normalized spacial score (nSPS) is 10.4. The minimum absolute atomic E-state index is 0.115. The lowest BCUT2D eigenvalue weighted by molar-refractivity contribution is 0.143. The van der Waals surface area contributed by atoms with Crippen LogP contribution in [0.5, 0.6) is 17.2 Å². The molecule has 0 saturated heterocycles. The molecule has 0 bridgehead atoms. The number of phenolic OH excluding ortho intramolecular Hbond substituents is 2. The van der Waals surface area contributed by atoms with Crippen LogP contribution in [0.1, 0.15) is 5.56 Å². The molecule has 2 aromatic rings. The second-order valence-corrected chi connectivity index (χ2v) is 3.59. The molecule has 17 heavy (non-hydrogen) atoms. The maximum absolute atomic E-state index is 10.4. The van der Waals surface area contributed by atoms with E-state index in [0.29, 0.717) is 16.3 Å². The molecule has 2 aromatic carbocycles. The number of ether oxygens (including phenoxy) is 1. The summed E-state index contributed by atoms with van der Waals surface area (Å²) in [5.41, 5.74) is 0.611. The van der Waals surface area contributed by atoms with Gasteiger partial charge in [-0.1, -0.05) is 0 Å². The highest BCUT2D eigenvalue weighted by molar-refractivity contribution is 5.94. The van der Waals surface area contributed by atoms with E-state index in [1.807, 2.05) is 0 Å². The fourth-order valence-electron chi connectivity index (χ4n) is 1.69. The summed E-state index contributed by atoms with van der Waals surface area (Å²) >= 11 is 0. The molecule has 0 amide bonds. The molecule has 0 unspecified atom stereocenters. The molecule has 5 nitrogen and oxygen atoms in total. The van der Waals surface area contributed by atoms with Crippen LogP contribution < -0.4 is 4.74 Å². The molecule has 5 heteroatoms. The van der Waals surface area contributed by atoms with Gasteiger partial charge in [-0.2, -0.15) is 0 Å². The van der Waals surface area contributed by atoms with Crippen LogP contribution >= 0.6 is 0 Å². The molecular weight excluding hydrogens is 224 g/mol. The average Bonchev–Trinajstić information content (AvgIpc) is 2.27. The van der Waals surface area contributed by atoms with Crippen LogP contribution in [0.25, 0.3) is 10.8 Å². The molecule has 0 aliphatic carbocycles. The van der Waals surface area contributed by atoms with Gasteiger partial charge < -0.3 is 20.1 Å². The maximum Gasteiger partial charge on any atom is 0.511 e. The minimum Gasteiger partial charge on any atom is -0.508 e. The van der Waals surface area contributed by atoms with Crippen LogP contribution in [0.15, 0.2) is 24.3 Å². The van der Waals surface area contributed by atoms with Crippen molar-refractivity contribution in [2.24, 2.45) is 0 Å². The largest absolute Gasteiger partial charge is 0.511 e. The zero-order chi connectivity index (χ0) is 12.6. The van der Waals surface area contributed by atoms with E-state index in [1.165, 1.54) is 18.2 Å². The summed E-state index contributed by atoms with van der Waals surface area (Å²) < 4.78 is 4.43. The molecule has 0 radical (unpaired) electrons. The molecule has 0 saturated carbocycles. The second kappa shape index (κ2) is 3.86. The predicted octanol–water partition coefficient (Wildman–Crippen LogP) is 2.62. The van der Waals surface area contributed by atoms with Crippen molar-refractivity contribution in [3.63, 3.8) is 0 Å². The SMILES string of the molecule is Cc1c(O)ccc2c(O)c(OC(=O)O)ccc12. The number of fused-ring (bicyclic) bond motifs is 1. The second-order valence-electron chi connectivity index (χ2n) is 3.59. The van der Waals surface area contributed by atoms with Crippen molar-refractivity contribution in [2.75, 3.05) is 0 Å². The smallest absolute Gasteiger partial charge is 0.508 e. The molecule has 0 fully saturated rings. The van der Waals surface area contributed by atoms with Gasteiger partial charge in [-0.15, -0.1) is 0 Å². The van der Waals surface area contributed by atoms with Crippen molar-refractivity contribution in [3.05, 3.63) is 29.8 Å². The molecular formula is C12H10O5. The zero-order valence-corrected chi connectivity index (χ0v) is 8.97. The van der Waals surface area contributed by atoms with Gasteiger partial charge >= 0.3 is 6.16 Å². The minimum atomic E-state index is -1.49. The van der Waals surface area contributed by atoms with Crippen molar-refractivity contribution in [1.82, 2.24) is 0 Å². The Kier molecular flexibility index (Phi) is 2.51. The van der Waals surface area contributed by atoms with Gasteiger partial charge in [0.2, 0.25) is 0 Å². The summed E-state index contributed by atoms with van der Waals surface area (Å²) in [7, 11) is 0. The molecule has 0 atom stereocenters. The molecule has 0 aliphatic heterocycles. The van der Waals surface area contributed by atoms with Crippen molar-refractivity contribution in [3.8, 4) is 17.2 Å². The van der Waals surface area contributed by atoms with Crippen LogP contribution in [-0.2, 0) is 0 Å². The van der Waals surface area contributed by atoms with Crippen molar-refractivity contribution < 1.29 is 24.9 Å². The van der Waals surface area contributed by atoms with Gasteiger partial charge in [0.15, 0.2) is 11.5 Å². The predicted molar refractivity (Wildman–Crippen MR) is 60.7 cm³/mol. The van der Waals surface area contributed by atoms with Crippen LogP contribution in [-0.4, -0.2) is 21.5 Å². The number of aromatic hydroxyl groups is 2. The summed E-state index contributed by atoms with van der Waals surface area (Å²) in [6, 6.07) is 5.87. The fourth-order valence-corrected chi connectivity index (χ4v) is 1.69. The number of phenols is 2. The quantitative estimate of drug-likeness (QED) is 0.521. The van der Waals surface area contributed by atoms with E-state index < -0.39 is 6.16 Å². The van der Waals surface area contributed by atoms with E-state index in [4.69, 9.17) is 5.11 Å². The summed E-state index contributed by atoms with van der Waals surface area (Å²) in [4.78, 5) is 10.4. The molecule has 0 heterocycles. The molecule has 2 rings (SSSR count). The van der Waals surface area contributed by atoms with Gasteiger partial charge in [0.1, 0.15) is 5.75 Å². The van der Waals surface area contributed by atoms with E-state index in [1.54, 1.807) is 13.0 Å². The highest BCUT2D eigenvalue weighted by Crippen LogP contribution is 2.38. The molecule has 3 N–H and O–H groups in total. The van der Waals surface area contributed by atoms with Gasteiger partial charge in [-0.05, 0) is 42.1 Å². The topological polar surface area (TPSA) is 87.0 Å². The van der Waals surface area contributed by atoms with E-state index >= 15 is 0 Å². The van der Waals surface area contributed by atoms with E-state index in [-0.39, 0.29) is 17.2 Å². The lowest BCUT2D eigenvalue weighted by Gasteiger charge is -2.09. The molecule has 88 valence electrons. The number of hydrogen-bond acceptors (Lipinski definition) is 4. The molecule has 0 aliphatic rings. The Morgan fingerprint density at radius 1 is 1.12 bits per heavy atom. The number of rotatable bonds is 1. The third kappa shape index (κ3) is 1.82. The highest BCUT2D eigenvalue weighted by atomic mass is 16.7. The first-order chi connectivity index (χ1) is 8.00. The van der Waals surface area contributed by atoms with Crippen molar-refractivity contribution >= 4 is 16.9 Å². The van der Waals surface area contributed by atoms with Gasteiger partial charge in [0.25, 0.3) is 0 Å². The van der Waals surface area contributed by atoms with Gasteiger partial charge in [-0.3, -0.25) is 0 Å². The average molecular weight is 234 g/mol. The van der Waals surface area contributed by atoms with E-state index in [0.717, 1.165) is 0 Å². The third-order valence-electron chi connectivity index (χ3n) is 2.57. The maximum atomic E-state index is 10.4. The van der Waals surface area contributed by atoms with Gasteiger partial charge in [0, 0.05) is 5.39 Å². The monoisotopic (exact) mass is 234 g/mol. The van der Waals surface area contributed by atoms with Crippen LogP contribution in [0, 0.1) is 6.92 Å². The van der Waals surface area contributed by atoms with Crippen molar-refractivity contribution in [1.29, 1.82) is 0 Å². The Labute approximate surface area is 96.5 Å². The van der Waals surface area contributed by atoms with Crippen molar-refractivity contribution in [2.45, 2.75) is 6.92 Å². The zero-order valence-electron chi connectivity index (χ0n) is 8.97. The fraction of sp³-hybridized carbons (Fsp3) is 0.0833. The third-order valence-corrected chi connectivity index (χ3v) is 2.57. The number of aryl methyl sites for hydroxylation is 1. The first-order valence-corrected chi connectivity index (χ1v) is 4.85. The Balaban J connectivity index is 2.68. The Hall–Kier alpha value is -2.43. The number of carboxylic acid groups (broad SMARTS) is 1. The van der Waals surface area contributed by atoms with Gasteiger partial charge in [-0.25, -0.2) is 4.79 Å². The van der Waals surface area contributed by atoms with Crippen LogP contribution in [0.2, 0.25) is 0 Å². The number of hydrogen-bond donors (Lipinski definition) is 3.